The molecule has 1 aliphatic heterocycles. The van der Waals surface area contributed by atoms with Crippen LogP contribution in [0.4, 0.5) is 0 Å². The number of hydrogen-bond donors (Lipinski definition) is 1. The Hall–Kier alpha value is -1.89. The number of benzene rings is 2. The van der Waals surface area contributed by atoms with Crippen LogP contribution in [0.25, 0.3) is 0 Å². The minimum atomic E-state index is -3.69. The lowest BCUT2D eigenvalue weighted by atomic mass is 10.1. The maximum absolute atomic E-state index is 12.8. The third kappa shape index (κ3) is 4.34. The number of carbonyl (C=O) groups excluding carboxylic acids is 1. The fraction of sp³-hybridized carbons (Fsp3) is 0.350. The second kappa shape index (κ2) is 8.00. The van der Waals surface area contributed by atoms with Gasteiger partial charge in [-0.3, -0.25) is 4.79 Å². The summed E-state index contributed by atoms with van der Waals surface area (Å²) in [6, 6.07) is 12.1. The van der Waals surface area contributed by atoms with E-state index in [2.05, 4.69) is 5.32 Å². The summed E-state index contributed by atoms with van der Waals surface area (Å²) < 4.78 is 27.1. The Morgan fingerprint density at radius 1 is 1.11 bits per heavy atom. The summed E-state index contributed by atoms with van der Waals surface area (Å²) in [5.74, 6) is -0.336. The Balaban J connectivity index is 1.82. The Kier molecular flexibility index (Phi) is 5.89. The third-order valence-corrected chi connectivity index (χ3v) is 7.18. The fourth-order valence-corrected chi connectivity index (χ4v) is 5.15. The van der Waals surface area contributed by atoms with Gasteiger partial charge in [0.15, 0.2) is 0 Å². The maximum atomic E-state index is 12.8. The average molecular weight is 407 g/mol. The van der Waals surface area contributed by atoms with E-state index in [1.807, 2.05) is 38.1 Å². The van der Waals surface area contributed by atoms with Crippen LogP contribution in [0.5, 0.6) is 0 Å². The fourth-order valence-electron chi connectivity index (χ4n) is 3.13. The zero-order valence-corrected chi connectivity index (χ0v) is 17.0. The summed E-state index contributed by atoms with van der Waals surface area (Å²) in [5, 5.41) is 3.04. The Morgan fingerprint density at radius 2 is 1.74 bits per heavy atom. The molecule has 1 heterocycles. The van der Waals surface area contributed by atoms with Crippen molar-refractivity contribution in [2.75, 3.05) is 13.1 Å². The lowest BCUT2D eigenvalue weighted by Crippen LogP contribution is -2.29. The van der Waals surface area contributed by atoms with E-state index in [0.717, 1.165) is 24.0 Å². The van der Waals surface area contributed by atoms with E-state index in [4.69, 9.17) is 11.6 Å². The molecule has 3 rings (SSSR count). The summed E-state index contributed by atoms with van der Waals surface area (Å²) in [4.78, 5) is 12.6. The SMILES string of the molecule is Cc1ccc(C(C)NC(=O)c2ccc(Cl)c(S(=O)(=O)N3CCCC3)c2)cc1. The standard InChI is InChI=1S/C20H23ClN2O3S/c1-14-5-7-16(8-6-14)15(2)22-20(24)17-9-10-18(21)19(13-17)27(25,26)23-11-3-4-12-23/h5-10,13,15H,3-4,11-12H2,1-2H3,(H,22,24). The van der Waals surface area contributed by atoms with Gasteiger partial charge in [0.1, 0.15) is 4.90 Å². The summed E-state index contributed by atoms with van der Waals surface area (Å²) in [7, 11) is -3.69. The van der Waals surface area contributed by atoms with Crippen LogP contribution in [0.3, 0.4) is 0 Å². The smallest absolute Gasteiger partial charge is 0.251 e. The zero-order valence-electron chi connectivity index (χ0n) is 15.4. The van der Waals surface area contributed by atoms with Crippen molar-refractivity contribution in [3.8, 4) is 0 Å². The largest absolute Gasteiger partial charge is 0.346 e. The van der Waals surface area contributed by atoms with Crippen LogP contribution in [0.15, 0.2) is 47.4 Å². The van der Waals surface area contributed by atoms with Gasteiger partial charge in [0.2, 0.25) is 10.0 Å². The molecule has 7 heteroatoms. The highest BCUT2D eigenvalue weighted by Gasteiger charge is 2.29. The quantitative estimate of drug-likeness (QED) is 0.818. The number of hydrogen-bond acceptors (Lipinski definition) is 3. The van der Waals surface area contributed by atoms with Crippen molar-refractivity contribution >= 4 is 27.5 Å². The van der Waals surface area contributed by atoms with Crippen molar-refractivity contribution in [3.63, 3.8) is 0 Å². The monoisotopic (exact) mass is 406 g/mol. The molecular weight excluding hydrogens is 384 g/mol. The van der Waals surface area contributed by atoms with Gasteiger partial charge in [-0.15, -0.1) is 0 Å². The topological polar surface area (TPSA) is 66.5 Å². The first-order chi connectivity index (χ1) is 12.8. The predicted molar refractivity (Wildman–Crippen MR) is 107 cm³/mol. The molecule has 5 nitrogen and oxygen atoms in total. The summed E-state index contributed by atoms with van der Waals surface area (Å²) >= 11 is 6.14. The molecule has 27 heavy (non-hydrogen) atoms. The number of halogens is 1. The first kappa shape index (κ1) is 19.9. The first-order valence-corrected chi connectivity index (χ1v) is 10.8. The highest BCUT2D eigenvalue weighted by Crippen LogP contribution is 2.28. The second-order valence-electron chi connectivity index (χ2n) is 6.86. The minimum absolute atomic E-state index is 0.0123. The number of carbonyl (C=O) groups is 1. The number of nitrogens with one attached hydrogen (secondary N) is 1. The van der Waals surface area contributed by atoms with Gasteiger partial charge in [-0.05, 0) is 50.5 Å². The maximum Gasteiger partial charge on any atom is 0.251 e. The molecule has 0 radical (unpaired) electrons. The summed E-state index contributed by atoms with van der Waals surface area (Å²) in [6.07, 6.45) is 1.68. The Labute approximate surface area is 165 Å². The Morgan fingerprint density at radius 3 is 2.37 bits per heavy atom. The van der Waals surface area contributed by atoms with Crippen molar-refractivity contribution in [1.29, 1.82) is 0 Å². The van der Waals surface area contributed by atoms with Crippen molar-refractivity contribution in [1.82, 2.24) is 9.62 Å². The van der Waals surface area contributed by atoms with Gasteiger partial charge in [0.25, 0.3) is 5.91 Å². The number of rotatable bonds is 5. The van der Waals surface area contributed by atoms with Gasteiger partial charge in [0.05, 0.1) is 11.1 Å². The number of amides is 1. The lowest BCUT2D eigenvalue weighted by Gasteiger charge is -2.18. The Bertz CT molecular complexity index is 936. The van der Waals surface area contributed by atoms with Crippen LogP contribution in [-0.4, -0.2) is 31.7 Å². The van der Waals surface area contributed by atoms with Gasteiger partial charge < -0.3 is 5.32 Å². The second-order valence-corrected chi connectivity index (χ2v) is 9.18. The van der Waals surface area contributed by atoms with Crippen LogP contribution in [0, 0.1) is 6.92 Å². The van der Waals surface area contributed by atoms with Crippen molar-refractivity contribution < 1.29 is 13.2 Å². The van der Waals surface area contributed by atoms with Crippen LogP contribution in [0.1, 0.15) is 47.3 Å². The van der Waals surface area contributed by atoms with E-state index < -0.39 is 10.0 Å². The molecule has 0 bridgehead atoms. The van der Waals surface area contributed by atoms with Gasteiger partial charge >= 0.3 is 0 Å². The van der Waals surface area contributed by atoms with E-state index in [1.54, 1.807) is 6.07 Å². The van der Waals surface area contributed by atoms with E-state index in [0.29, 0.717) is 13.1 Å². The van der Waals surface area contributed by atoms with E-state index in [-0.39, 0.29) is 27.4 Å². The molecule has 1 aliphatic rings. The summed E-state index contributed by atoms with van der Waals surface area (Å²) in [5.41, 5.74) is 2.40. The zero-order chi connectivity index (χ0) is 19.6. The summed E-state index contributed by atoms with van der Waals surface area (Å²) in [6.45, 7) is 4.86. The predicted octanol–water partition coefficient (Wildman–Crippen LogP) is 3.92. The highest BCUT2D eigenvalue weighted by molar-refractivity contribution is 7.89. The molecule has 0 saturated carbocycles. The van der Waals surface area contributed by atoms with Gasteiger partial charge in [0, 0.05) is 18.7 Å². The molecule has 0 aliphatic carbocycles. The third-order valence-electron chi connectivity index (χ3n) is 4.80. The number of aryl methyl sites for hydroxylation is 1. The molecule has 1 unspecified atom stereocenters. The average Bonchev–Trinajstić information content (AvgIpc) is 3.18. The minimum Gasteiger partial charge on any atom is -0.346 e. The number of sulfonamides is 1. The molecule has 1 N–H and O–H groups in total. The van der Waals surface area contributed by atoms with E-state index >= 15 is 0 Å². The lowest BCUT2D eigenvalue weighted by molar-refractivity contribution is 0.0939. The molecule has 1 atom stereocenters. The van der Waals surface area contributed by atoms with Crippen LogP contribution in [0.2, 0.25) is 5.02 Å². The molecule has 1 amide bonds. The highest BCUT2D eigenvalue weighted by atomic mass is 35.5. The molecule has 1 fully saturated rings. The molecule has 0 aromatic heterocycles. The molecule has 2 aromatic rings. The molecule has 1 saturated heterocycles. The van der Waals surface area contributed by atoms with Crippen molar-refractivity contribution in [2.24, 2.45) is 0 Å². The van der Waals surface area contributed by atoms with Crippen LogP contribution in [-0.2, 0) is 10.0 Å². The van der Waals surface area contributed by atoms with E-state index in [9.17, 15) is 13.2 Å². The first-order valence-electron chi connectivity index (χ1n) is 8.96. The van der Waals surface area contributed by atoms with Gasteiger partial charge in [-0.1, -0.05) is 41.4 Å². The molecule has 2 aromatic carbocycles. The molecule has 0 spiro atoms. The van der Waals surface area contributed by atoms with Crippen LogP contribution >= 0.6 is 11.6 Å². The van der Waals surface area contributed by atoms with Crippen LogP contribution < -0.4 is 5.32 Å². The van der Waals surface area contributed by atoms with Gasteiger partial charge in [-0.25, -0.2) is 8.42 Å². The van der Waals surface area contributed by atoms with Crippen molar-refractivity contribution in [3.05, 3.63) is 64.2 Å². The molecular formula is C20H23ClN2O3S. The van der Waals surface area contributed by atoms with Crippen molar-refractivity contribution in [2.45, 2.75) is 37.6 Å². The number of nitrogens with zero attached hydrogens (tertiary/aromatic N) is 1. The molecule has 144 valence electrons. The van der Waals surface area contributed by atoms with E-state index in [1.165, 1.54) is 16.4 Å². The normalized spacial score (nSPS) is 16.3. The van der Waals surface area contributed by atoms with Gasteiger partial charge in [-0.2, -0.15) is 4.31 Å².